The van der Waals surface area contributed by atoms with Crippen LogP contribution in [0.4, 0.5) is 5.69 Å². The summed E-state index contributed by atoms with van der Waals surface area (Å²) in [7, 11) is -1.47. The van der Waals surface area contributed by atoms with E-state index in [1.165, 1.54) is 34.1 Å². The zero-order chi connectivity index (χ0) is 16.4. The Bertz CT molecular complexity index is 636. The molecule has 0 fully saturated rings. The zero-order valence-corrected chi connectivity index (χ0v) is 13.0. The van der Waals surface area contributed by atoms with Gasteiger partial charge in [-0.1, -0.05) is 0 Å². The van der Waals surface area contributed by atoms with Crippen molar-refractivity contribution < 1.29 is 23.2 Å². The summed E-state index contributed by atoms with van der Waals surface area (Å²) in [4.78, 5) is 9.79. The fourth-order valence-corrected chi connectivity index (χ4v) is 3.28. The van der Waals surface area contributed by atoms with E-state index >= 15 is 0 Å². The number of benzene rings is 1. The molecule has 0 saturated heterocycles. The van der Waals surface area contributed by atoms with E-state index in [-0.39, 0.29) is 22.9 Å². The first-order valence-corrected chi connectivity index (χ1v) is 7.44. The first-order valence-electron chi connectivity index (χ1n) is 6.00. The fraction of sp³-hybridized carbons (Fsp3) is 0.500. The number of rotatable bonds is 6. The van der Waals surface area contributed by atoms with Crippen molar-refractivity contribution in [3.63, 3.8) is 0 Å². The van der Waals surface area contributed by atoms with Crippen LogP contribution in [0, 0.1) is 10.1 Å². The second-order valence-electron chi connectivity index (χ2n) is 5.17. The molecular weight excluding hydrogens is 300 g/mol. The Hall–Kier alpha value is -1.71. The van der Waals surface area contributed by atoms with Crippen molar-refractivity contribution in [2.24, 2.45) is 0 Å². The van der Waals surface area contributed by atoms with E-state index in [9.17, 15) is 23.6 Å². The Balaban J connectivity index is 3.35. The maximum absolute atomic E-state index is 12.5. The number of non-ortho nitro benzene ring substituents is 1. The van der Waals surface area contributed by atoms with E-state index in [1.807, 2.05) is 0 Å². The molecule has 1 N–H and O–H groups in total. The number of hydrogen-bond acceptors (Lipinski definition) is 6. The molecule has 0 amide bonds. The number of methoxy groups -OCH3 is 1. The van der Waals surface area contributed by atoms with Gasteiger partial charge in [0, 0.05) is 25.7 Å². The van der Waals surface area contributed by atoms with Crippen molar-refractivity contribution in [1.82, 2.24) is 4.31 Å². The molecule has 118 valence electrons. The first kappa shape index (κ1) is 17.3. The number of nitro benzene ring substituents is 1. The van der Waals surface area contributed by atoms with Crippen molar-refractivity contribution in [3.05, 3.63) is 28.3 Å². The van der Waals surface area contributed by atoms with E-state index in [1.54, 1.807) is 0 Å². The van der Waals surface area contributed by atoms with Crippen molar-refractivity contribution in [3.8, 4) is 5.75 Å². The summed E-state index contributed by atoms with van der Waals surface area (Å²) in [6, 6.07) is 3.33. The quantitative estimate of drug-likeness (QED) is 0.619. The summed E-state index contributed by atoms with van der Waals surface area (Å²) in [5.41, 5.74) is -1.60. The number of ether oxygens (including phenoxy) is 1. The molecular formula is C12H18N2O6S. The first-order chi connectivity index (χ1) is 9.49. The summed E-state index contributed by atoms with van der Waals surface area (Å²) >= 11 is 0. The average Bonchev–Trinajstić information content (AvgIpc) is 2.35. The SMILES string of the molecule is COc1ccc([N+](=O)[O-])cc1S(=O)(=O)N(C)CC(C)(C)O. The smallest absolute Gasteiger partial charge is 0.271 e. The number of aliphatic hydroxyl groups is 1. The van der Waals surface area contributed by atoms with Crippen LogP contribution >= 0.6 is 0 Å². The molecule has 0 spiro atoms. The molecule has 0 radical (unpaired) electrons. The monoisotopic (exact) mass is 318 g/mol. The molecule has 21 heavy (non-hydrogen) atoms. The predicted octanol–water partition coefficient (Wildman–Crippen LogP) is 0.995. The largest absolute Gasteiger partial charge is 0.495 e. The van der Waals surface area contributed by atoms with Crippen LogP contribution in [-0.2, 0) is 10.0 Å². The van der Waals surface area contributed by atoms with Gasteiger partial charge in [-0.15, -0.1) is 0 Å². The maximum atomic E-state index is 12.5. The van der Waals surface area contributed by atoms with Crippen LogP contribution in [0.15, 0.2) is 23.1 Å². The van der Waals surface area contributed by atoms with Crippen LogP contribution < -0.4 is 4.74 Å². The minimum atomic E-state index is -4.03. The number of nitro groups is 1. The van der Waals surface area contributed by atoms with Gasteiger partial charge >= 0.3 is 0 Å². The third-order valence-corrected chi connectivity index (χ3v) is 4.48. The fourth-order valence-electron chi connectivity index (χ4n) is 1.78. The predicted molar refractivity (Wildman–Crippen MR) is 75.8 cm³/mol. The Kier molecular flexibility index (Phi) is 4.92. The van der Waals surface area contributed by atoms with Gasteiger partial charge in [0.15, 0.2) is 0 Å². The highest BCUT2D eigenvalue weighted by molar-refractivity contribution is 7.89. The second kappa shape index (κ2) is 5.96. The number of nitrogens with zero attached hydrogens (tertiary/aromatic N) is 2. The summed E-state index contributed by atoms with van der Waals surface area (Å²) in [6.45, 7) is 2.76. The topological polar surface area (TPSA) is 110 Å². The van der Waals surface area contributed by atoms with E-state index < -0.39 is 20.5 Å². The molecule has 0 bridgehead atoms. The lowest BCUT2D eigenvalue weighted by atomic mass is 10.1. The minimum absolute atomic E-state index is 0.00296. The Morgan fingerprint density at radius 3 is 2.43 bits per heavy atom. The molecule has 1 aromatic rings. The standard InChI is InChI=1S/C12H18N2O6S/c1-12(2,15)8-13(3)21(18,19)11-7-9(14(16)17)5-6-10(11)20-4/h5-7,15H,8H2,1-4H3. The van der Waals surface area contributed by atoms with E-state index in [0.717, 1.165) is 16.4 Å². The van der Waals surface area contributed by atoms with Crippen LogP contribution in [0.2, 0.25) is 0 Å². The van der Waals surface area contributed by atoms with Gasteiger partial charge in [0.05, 0.1) is 17.6 Å². The van der Waals surface area contributed by atoms with Gasteiger partial charge in [-0.05, 0) is 19.9 Å². The van der Waals surface area contributed by atoms with Crippen molar-refractivity contribution in [2.45, 2.75) is 24.3 Å². The van der Waals surface area contributed by atoms with Gasteiger partial charge in [-0.25, -0.2) is 8.42 Å². The molecule has 0 heterocycles. The van der Waals surface area contributed by atoms with Gasteiger partial charge in [0.1, 0.15) is 10.6 Å². The highest BCUT2D eigenvalue weighted by Crippen LogP contribution is 2.30. The lowest BCUT2D eigenvalue weighted by Crippen LogP contribution is -2.39. The molecule has 1 aromatic carbocycles. The molecule has 0 aromatic heterocycles. The normalized spacial score (nSPS) is 12.5. The minimum Gasteiger partial charge on any atom is -0.495 e. The van der Waals surface area contributed by atoms with Crippen molar-refractivity contribution in [2.75, 3.05) is 20.7 Å². The molecule has 1 rings (SSSR count). The lowest BCUT2D eigenvalue weighted by Gasteiger charge is -2.25. The summed E-state index contributed by atoms with van der Waals surface area (Å²) in [5, 5.41) is 20.5. The number of likely N-dealkylation sites (N-methyl/N-ethyl adjacent to an activating group) is 1. The van der Waals surface area contributed by atoms with Gasteiger partial charge in [-0.2, -0.15) is 4.31 Å². The average molecular weight is 318 g/mol. The van der Waals surface area contributed by atoms with Gasteiger partial charge in [0.25, 0.3) is 5.69 Å². The molecule has 0 aliphatic heterocycles. The van der Waals surface area contributed by atoms with Gasteiger partial charge in [-0.3, -0.25) is 10.1 Å². The highest BCUT2D eigenvalue weighted by Gasteiger charge is 2.30. The maximum Gasteiger partial charge on any atom is 0.271 e. The molecule has 0 saturated carbocycles. The second-order valence-corrected chi connectivity index (χ2v) is 7.18. The van der Waals surface area contributed by atoms with Gasteiger partial charge < -0.3 is 9.84 Å². The van der Waals surface area contributed by atoms with E-state index in [0.29, 0.717) is 0 Å². The molecule has 9 heteroatoms. The molecule has 0 aliphatic rings. The van der Waals surface area contributed by atoms with Crippen LogP contribution in [0.1, 0.15) is 13.8 Å². The van der Waals surface area contributed by atoms with Crippen LogP contribution in [0.25, 0.3) is 0 Å². The van der Waals surface area contributed by atoms with E-state index in [4.69, 9.17) is 4.74 Å². The Labute approximate surface area is 123 Å². The van der Waals surface area contributed by atoms with Crippen molar-refractivity contribution in [1.29, 1.82) is 0 Å². The molecule has 0 atom stereocenters. The molecule has 0 unspecified atom stereocenters. The Morgan fingerprint density at radius 1 is 1.43 bits per heavy atom. The van der Waals surface area contributed by atoms with Crippen LogP contribution in [-0.4, -0.2) is 49.1 Å². The molecule has 0 aliphatic carbocycles. The molecule has 8 nitrogen and oxygen atoms in total. The third-order valence-electron chi connectivity index (χ3n) is 2.66. The zero-order valence-electron chi connectivity index (χ0n) is 12.2. The summed E-state index contributed by atoms with van der Waals surface area (Å²) in [5.74, 6) is 0.00296. The lowest BCUT2D eigenvalue weighted by molar-refractivity contribution is -0.385. The highest BCUT2D eigenvalue weighted by atomic mass is 32.2. The number of hydrogen-bond donors (Lipinski definition) is 1. The summed E-state index contributed by atoms with van der Waals surface area (Å²) < 4.78 is 30.8. The number of sulfonamides is 1. The van der Waals surface area contributed by atoms with Crippen LogP contribution in [0.5, 0.6) is 5.75 Å². The van der Waals surface area contributed by atoms with E-state index in [2.05, 4.69) is 0 Å². The summed E-state index contributed by atoms with van der Waals surface area (Å²) in [6.07, 6.45) is 0. The van der Waals surface area contributed by atoms with Gasteiger partial charge in [0.2, 0.25) is 10.0 Å². The Morgan fingerprint density at radius 2 is 2.00 bits per heavy atom. The third kappa shape index (κ3) is 4.13. The van der Waals surface area contributed by atoms with Crippen LogP contribution in [0.3, 0.4) is 0 Å². The van der Waals surface area contributed by atoms with Crippen molar-refractivity contribution >= 4 is 15.7 Å².